The first-order valence-corrected chi connectivity index (χ1v) is 6.15. The molecule has 0 saturated heterocycles. The third kappa shape index (κ3) is 11.7. The van der Waals surface area contributed by atoms with Crippen LogP contribution in [-0.2, 0) is 0 Å². The lowest BCUT2D eigenvalue weighted by Gasteiger charge is -2.15. The van der Waals surface area contributed by atoms with Crippen LogP contribution in [0.4, 0.5) is 0 Å². The van der Waals surface area contributed by atoms with Gasteiger partial charge < -0.3 is 15.7 Å². The van der Waals surface area contributed by atoms with E-state index >= 15 is 0 Å². The predicted molar refractivity (Wildman–Crippen MR) is 69.1 cm³/mol. The highest BCUT2D eigenvalue weighted by atomic mass is 32.1. The predicted octanol–water partition coefficient (Wildman–Crippen LogP) is 1.54. The molecule has 0 aromatic rings. The average Bonchev–Trinajstić information content (AvgIpc) is 2.19. The zero-order valence-corrected chi connectivity index (χ0v) is 10.6. The lowest BCUT2D eigenvalue weighted by Crippen LogP contribution is -2.21. The molecule has 0 aromatic carbocycles. The molecule has 4 heteroatoms. The number of unbranched alkanes of at least 4 members (excludes halogenated alkanes) is 3. The third-order valence-corrected chi connectivity index (χ3v) is 2.62. The van der Waals surface area contributed by atoms with Crippen LogP contribution in [0.25, 0.3) is 0 Å². The summed E-state index contributed by atoms with van der Waals surface area (Å²) in [5, 5.41) is 8.62. The van der Waals surface area contributed by atoms with E-state index in [0.29, 0.717) is 11.6 Å². The molecule has 0 rings (SSSR count). The maximum absolute atomic E-state index is 8.62. The van der Waals surface area contributed by atoms with E-state index in [1.165, 1.54) is 6.42 Å². The zero-order chi connectivity index (χ0) is 11.5. The first kappa shape index (κ1) is 14.8. The molecule has 0 saturated carbocycles. The highest BCUT2D eigenvalue weighted by Crippen LogP contribution is 2.00. The molecule has 15 heavy (non-hydrogen) atoms. The van der Waals surface area contributed by atoms with Crippen molar-refractivity contribution in [1.29, 1.82) is 0 Å². The molecule has 0 aliphatic rings. The minimum atomic E-state index is 0.317. The minimum absolute atomic E-state index is 0.317. The van der Waals surface area contributed by atoms with Gasteiger partial charge in [-0.25, -0.2) is 0 Å². The van der Waals surface area contributed by atoms with Gasteiger partial charge in [-0.2, -0.15) is 0 Å². The highest BCUT2D eigenvalue weighted by molar-refractivity contribution is 7.80. The third-order valence-electron chi connectivity index (χ3n) is 2.41. The van der Waals surface area contributed by atoms with Crippen molar-refractivity contribution in [3.8, 4) is 0 Å². The molecule has 0 fully saturated rings. The van der Waals surface area contributed by atoms with Crippen molar-refractivity contribution < 1.29 is 5.11 Å². The summed E-state index contributed by atoms with van der Waals surface area (Å²) >= 11 is 4.81. The fourth-order valence-electron chi connectivity index (χ4n) is 1.46. The van der Waals surface area contributed by atoms with Crippen LogP contribution in [0.2, 0.25) is 0 Å². The number of thiocarbonyl (C=S) groups is 1. The van der Waals surface area contributed by atoms with Gasteiger partial charge in [-0.3, -0.25) is 0 Å². The van der Waals surface area contributed by atoms with Crippen molar-refractivity contribution in [2.24, 2.45) is 5.73 Å². The first-order valence-electron chi connectivity index (χ1n) is 5.74. The van der Waals surface area contributed by atoms with Gasteiger partial charge in [-0.1, -0.05) is 12.2 Å². The van der Waals surface area contributed by atoms with E-state index < -0.39 is 0 Å². The molecule has 0 radical (unpaired) electrons. The van der Waals surface area contributed by atoms with E-state index in [0.717, 1.165) is 45.2 Å². The fraction of sp³-hybridized carbons (Fsp3) is 0.909. The van der Waals surface area contributed by atoms with Crippen LogP contribution in [0.15, 0.2) is 0 Å². The molecule has 0 aliphatic heterocycles. The number of aliphatic hydroxyl groups excluding tert-OH is 1. The van der Waals surface area contributed by atoms with Gasteiger partial charge in [0, 0.05) is 6.61 Å². The number of nitrogens with two attached hydrogens (primary N) is 1. The quantitative estimate of drug-likeness (QED) is 0.443. The summed E-state index contributed by atoms with van der Waals surface area (Å²) in [6.45, 7) is 2.55. The van der Waals surface area contributed by atoms with Crippen molar-refractivity contribution in [3.63, 3.8) is 0 Å². The molecular formula is C11H24N2OS. The van der Waals surface area contributed by atoms with Crippen LogP contribution in [0, 0.1) is 0 Å². The van der Waals surface area contributed by atoms with Crippen LogP contribution in [0.3, 0.4) is 0 Å². The highest BCUT2D eigenvalue weighted by Gasteiger charge is 1.98. The van der Waals surface area contributed by atoms with E-state index in [2.05, 4.69) is 11.9 Å². The van der Waals surface area contributed by atoms with E-state index in [-0.39, 0.29) is 0 Å². The van der Waals surface area contributed by atoms with Crippen LogP contribution in [-0.4, -0.2) is 41.7 Å². The van der Waals surface area contributed by atoms with Crippen molar-refractivity contribution in [1.82, 2.24) is 4.90 Å². The standard InChI is InChI=1S/C11H24N2OS/c1-13(8-4-2-6-10-14)9-5-3-7-11(12)15/h14H,2-10H2,1H3,(H2,12,15). The van der Waals surface area contributed by atoms with Crippen LogP contribution >= 0.6 is 12.2 Å². The molecule has 0 unspecified atom stereocenters. The van der Waals surface area contributed by atoms with Gasteiger partial charge in [0.2, 0.25) is 0 Å². The Morgan fingerprint density at radius 1 is 1.13 bits per heavy atom. The second-order valence-corrected chi connectivity index (χ2v) is 4.54. The maximum atomic E-state index is 8.62. The number of hydrogen-bond acceptors (Lipinski definition) is 3. The molecule has 0 heterocycles. The molecule has 90 valence electrons. The van der Waals surface area contributed by atoms with Crippen molar-refractivity contribution >= 4 is 17.2 Å². The van der Waals surface area contributed by atoms with Gasteiger partial charge in [0.15, 0.2) is 0 Å². The summed E-state index contributed by atoms with van der Waals surface area (Å²) in [7, 11) is 2.14. The van der Waals surface area contributed by atoms with Gasteiger partial charge >= 0.3 is 0 Å². The summed E-state index contributed by atoms with van der Waals surface area (Å²) in [5.41, 5.74) is 5.42. The normalized spacial score (nSPS) is 10.9. The molecule has 3 nitrogen and oxygen atoms in total. The topological polar surface area (TPSA) is 49.5 Å². The Kier molecular flexibility index (Phi) is 10.2. The molecule has 0 spiro atoms. The fourth-order valence-corrected chi connectivity index (χ4v) is 1.61. The Morgan fingerprint density at radius 3 is 2.27 bits per heavy atom. The number of nitrogens with zero attached hydrogens (tertiary/aromatic N) is 1. The maximum Gasteiger partial charge on any atom is 0.0727 e. The number of aliphatic hydroxyl groups is 1. The Morgan fingerprint density at radius 2 is 1.73 bits per heavy atom. The van der Waals surface area contributed by atoms with Crippen molar-refractivity contribution in [2.75, 3.05) is 26.7 Å². The SMILES string of the molecule is CN(CCCCCO)CCCCC(N)=S. The zero-order valence-electron chi connectivity index (χ0n) is 9.74. The lowest BCUT2D eigenvalue weighted by molar-refractivity contribution is 0.272. The Hall–Kier alpha value is -0.190. The molecule has 0 aromatic heterocycles. The van der Waals surface area contributed by atoms with E-state index in [1.807, 2.05) is 0 Å². The Labute approximate surface area is 98.6 Å². The van der Waals surface area contributed by atoms with Gasteiger partial charge in [0.05, 0.1) is 4.99 Å². The summed E-state index contributed by atoms with van der Waals surface area (Å²) in [5.74, 6) is 0. The van der Waals surface area contributed by atoms with Crippen LogP contribution in [0.5, 0.6) is 0 Å². The van der Waals surface area contributed by atoms with E-state index in [9.17, 15) is 0 Å². The average molecular weight is 232 g/mol. The molecule has 0 amide bonds. The van der Waals surface area contributed by atoms with Gasteiger partial charge in [0.1, 0.15) is 0 Å². The van der Waals surface area contributed by atoms with Crippen molar-refractivity contribution in [3.05, 3.63) is 0 Å². The summed E-state index contributed by atoms with van der Waals surface area (Å²) in [6, 6.07) is 0. The second-order valence-electron chi connectivity index (χ2n) is 4.01. The minimum Gasteiger partial charge on any atom is -0.396 e. The van der Waals surface area contributed by atoms with Crippen LogP contribution in [0.1, 0.15) is 38.5 Å². The monoisotopic (exact) mass is 232 g/mol. The molecule has 0 bridgehead atoms. The Balaban J connectivity index is 3.18. The Bertz CT molecular complexity index is 165. The van der Waals surface area contributed by atoms with Crippen molar-refractivity contribution in [2.45, 2.75) is 38.5 Å². The molecule has 0 atom stereocenters. The molecule has 3 N–H and O–H groups in total. The summed E-state index contributed by atoms with van der Waals surface area (Å²) in [4.78, 5) is 2.96. The molecule has 0 aliphatic carbocycles. The smallest absolute Gasteiger partial charge is 0.0727 e. The largest absolute Gasteiger partial charge is 0.396 e. The number of hydrogen-bond donors (Lipinski definition) is 2. The summed E-state index contributed by atoms with van der Waals surface area (Å²) < 4.78 is 0. The van der Waals surface area contributed by atoms with Gasteiger partial charge in [-0.15, -0.1) is 0 Å². The number of rotatable bonds is 10. The first-order chi connectivity index (χ1) is 7.16. The van der Waals surface area contributed by atoms with Gasteiger partial charge in [0.25, 0.3) is 0 Å². The summed E-state index contributed by atoms with van der Waals surface area (Å²) in [6.07, 6.45) is 6.34. The van der Waals surface area contributed by atoms with E-state index in [1.54, 1.807) is 0 Å². The van der Waals surface area contributed by atoms with Gasteiger partial charge in [-0.05, 0) is 58.7 Å². The second kappa shape index (κ2) is 10.3. The molecular weight excluding hydrogens is 208 g/mol. The van der Waals surface area contributed by atoms with Crippen LogP contribution < -0.4 is 5.73 Å². The van der Waals surface area contributed by atoms with E-state index in [4.69, 9.17) is 23.1 Å². The lowest BCUT2D eigenvalue weighted by atomic mass is 10.2.